The van der Waals surface area contributed by atoms with Gasteiger partial charge < -0.3 is 4.74 Å². The zero-order valence-electron chi connectivity index (χ0n) is 8.15. The molecule has 0 saturated heterocycles. The van der Waals surface area contributed by atoms with Crippen LogP contribution in [0.25, 0.3) is 0 Å². The number of cyclic esters (lactones) is 1. The Bertz CT molecular complexity index is 408. The summed E-state index contributed by atoms with van der Waals surface area (Å²) in [6, 6.07) is 7.42. The molecule has 1 aromatic carbocycles. The molecule has 0 atom stereocenters. The Hall–Kier alpha value is -1.64. The van der Waals surface area contributed by atoms with Crippen LogP contribution in [-0.2, 0) is 4.74 Å². The van der Waals surface area contributed by atoms with E-state index in [2.05, 4.69) is 4.99 Å². The van der Waals surface area contributed by atoms with Crippen LogP contribution in [-0.4, -0.2) is 17.9 Å². The van der Waals surface area contributed by atoms with Gasteiger partial charge in [-0.3, -0.25) is 0 Å². The summed E-state index contributed by atoms with van der Waals surface area (Å²) >= 11 is 0. The number of benzene rings is 1. The Balaban J connectivity index is 2.49. The molecule has 0 radical (unpaired) electrons. The molecule has 0 amide bonds. The number of rotatable bonds is 1. The van der Waals surface area contributed by atoms with E-state index in [0.717, 1.165) is 5.56 Å². The minimum Gasteiger partial charge on any atom is -0.404 e. The third-order valence-corrected chi connectivity index (χ3v) is 1.94. The molecule has 0 aliphatic carbocycles. The first-order chi connectivity index (χ1) is 6.68. The molecule has 0 N–H and O–H groups in total. The van der Waals surface area contributed by atoms with Crippen LogP contribution < -0.4 is 0 Å². The minimum atomic E-state index is -0.306. The summed E-state index contributed by atoms with van der Waals surface area (Å²) in [6.07, 6.45) is 0. The number of carbonyl (C=O) groups excluding carboxylic acids is 1. The van der Waals surface area contributed by atoms with Crippen LogP contribution in [0.3, 0.4) is 0 Å². The molecule has 0 fully saturated rings. The highest BCUT2D eigenvalue weighted by Crippen LogP contribution is 2.20. The molecule has 3 nitrogen and oxygen atoms in total. The molecular formula is C11H11NO2. The lowest BCUT2D eigenvalue weighted by atomic mass is 10.1. The average molecular weight is 189 g/mol. The van der Waals surface area contributed by atoms with E-state index >= 15 is 0 Å². The highest BCUT2D eigenvalue weighted by atomic mass is 16.5. The first kappa shape index (κ1) is 8.94. The maximum Gasteiger partial charge on any atom is 0.345 e. The monoisotopic (exact) mass is 189 g/mol. The van der Waals surface area contributed by atoms with Crippen molar-refractivity contribution in [2.45, 2.75) is 19.9 Å². The number of aliphatic imine (C=N–C) groups is 1. The quantitative estimate of drug-likeness (QED) is 0.634. The van der Waals surface area contributed by atoms with Gasteiger partial charge in [0.2, 0.25) is 5.90 Å². The van der Waals surface area contributed by atoms with E-state index in [4.69, 9.17) is 4.74 Å². The molecule has 1 aliphatic heterocycles. The van der Waals surface area contributed by atoms with E-state index in [0.29, 0.717) is 11.5 Å². The molecule has 1 aromatic rings. The van der Waals surface area contributed by atoms with Crippen LogP contribution in [0.4, 0.5) is 0 Å². The molecule has 1 heterocycles. The van der Waals surface area contributed by atoms with E-state index < -0.39 is 0 Å². The van der Waals surface area contributed by atoms with Crippen LogP contribution in [0.5, 0.6) is 0 Å². The zero-order valence-corrected chi connectivity index (χ0v) is 8.15. The van der Waals surface area contributed by atoms with Crippen molar-refractivity contribution in [3.8, 4) is 0 Å². The van der Waals surface area contributed by atoms with Gasteiger partial charge in [-0.1, -0.05) is 12.1 Å². The smallest absolute Gasteiger partial charge is 0.345 e. The van der Waals surface area contributed by atoms with Crippen LogP contribution in [0, 0.1) is 0 Å². The van der Waals surface area contributed by atoms with Gasteiger partial charge in [0.05, 0.1) is 11.1 Å². The number of carbonyl (C=O) groups is 1. The summed E-state index contributed by atoms with van der Waals surface area (Å²) in [7, 11) is 0. The van der Waals surface area contributed by atoms with Crippen molar-refractivity contribution in [1.82, 2.24) is 0 Å². The van der Waals surface area contributed by atoms with Crippen molar-refractivity contribution >= 4 is 11.9 Å². The number of esters is 1. The Labute approximate surface area is 82.4 Å². The third kappa shape index (κ3) is 1.41. The molecule has 72 valence electrons. The molecule has 0 spiro atoms. The lowest BCUT2D eigenvalue weighted by molar-refractivity contribution is 0.0736. The Morgan fingerprint density at radius 3 is 2.50 bits per heavy atom. The largest absolute Gasteiger partial charge is 0.404 e. The average Bonchev–Trinajstić information content (AvgIpc) is 2.44. The summed E-state index contributed by atoms with van der Waals surface area (Å²) in [5.74, 6) is 0.139. The molecule has 2 rings (SSSR count). The number of fused-ring (bicyclic) bond motifs is 1. The van der Waals surface area contributed by atoms with Crippen molar-refractivity contribution < 1.29 is 9.53 Å². The van der Waals surface area contributed by atoms with Crippen LogP contribution in [0.15, 0.2) is 29.3 Å². The highest BCUT2D eigenvalue weighted by molar-refractivity contribution is 6.16. The van der Waals surface area contributed by atoms with Gasteiger partial charge in [0, 0.05) is 6.04 Å². The predicted molar refractivity (Wildman–Crippen MR) is 53.5 cm³/mol. The fourth-order valence-corrected chi connectivity index (χ4v) is 1.38. The Morgan fingerprint density at radius 2 is 1.86 bits per heavy atom. The molecular weight excluding hydrogens is 178 g/mol. The minimum absolute atomic E-state index is 0.129. The predicted octanol–water partition coefficient (Wildman–Crippen LogP) is 2.01. The van der Waals surface area contributed by atoms with Gasteiger partial charge in [-0.25, -0.2) is 9.79 Å². The van der Waals surface area contributed by atoms with Crippen LogP contribution >= 0.6 is 0 Å². The highest BCUT2D eigenvalue weighted by Gasteiger charge is 2.26. The standard InChI is InChI=1S/C11H11NO2/c1-7(2)12-10-8-5-3-4-6-9(8)11(13)14-10/h3-7H,1-2H3/b12-10+. The second kappa shape index (κ2) is 3.25. The van der Waals surface area contributed by atoms with Crippen molar-refractivity contribution in [2.75, 3.05) is 0 Å². The van der Waals surface area contributed by atoms with Crippen molar-refractivity contribution in [2.24, 2.45) is 4.99 Å². The summed E-state index contributed by atoms with van der Waals surface area (Å²) < 4.78 is 5.05. The van der Waals surface area contributed by atoms with Gasteiger partial charge >= 0.3 is 5.97 Å². The lowest BCUT2D eigenvalue weighted by Crippen LogP contribution is -2.04. The zero-order chi connectivity index (χ0) is 10.1. The van der Waals surface area contributed by atoms with Gasteiger partial charge in [-0.15, -0.1) is 0 Å². The molecule has 0 bridgehead atoms. The molecule has 3 heteroatoms. The topological polar surface area (TPSA) is 38.7 Å². The second-order valence-electron chi connectivity index (χ2n) is 3.46. The summed E-state index contributed by atoms with van der Waals surface area (Å²) in [6.45, 7) is 3.89. The third-order valence-electron chi connectivity index (χ3n) is 1.94. The molecule has 0 saturated carbocycles. The maximum absolute atomic E-state index is 11.4. The van der Waals surface area contributed by atoms with Gasteiger partial charge in [-0.05, 0) is 26.0 Å². The van der Waals surface area contributed by atoms with E-state index in [-0.39, 0.29) is 12.0 Å². The Kier molecular flexibility index (Phi) is 2.08. The number of hydrogen-bond acceptors (Lipinski definition) is 3. The maximum atomic E-state index is 11.4. The number of ether oxygens (including phenoxy) is 1. The molecule has 0 aromatic heterocycles. The van der Waals surface area contributed by atoms with Gasteiger partial charge in [-0.2, -0.15) is 0 Å². The van der Waals surface area contributed by atoms with E-state index in [1.807, 2.05) is 32.0 Å². The van der Waals surface area contributed by atoms with Gasteiger partial charge in [0.15, 0.2) is 0 Å². The fraction of sp³-hybridized carbons (Fsp3) is 0.273. The van der Waals surface area contributed by atoms with Crippen molar-refractivity contribution in [1.29, 1.82) is 0 Å². The summed E-state index contributed by atoms with van der Waals surface area (Å²) in [5.41, 5.74) is 1.40. The number of nitrogens with zero attached hydrogens (tertiary/aromatic N) is 1. The van der Waals surface area contributed by atoms with Gasteiger partial charge in [0.1, 0.15) is 0 Å². The van der Waals surface area contributed by atoms with Crippen LogP contribution in [0.2, 0.25) is 0 Å². The van der Waals surface area contributed by atoms with Crippen molar-refractivity contribution in [3.63, 3.8) is 0 Å². The fourth-order valence-electron chi connectivity index (χ4n) is 1.38. The van der Waals surface area contributed by atoms with E-state index in [1.54, 1.807) is 6.07 Å². The van der Waals surface area contributed by atoms with Crippen molar-refractivity contribution in [3.05, 3.63) is 35.4 Å². The van der Waals surface area contributed by atoms with Gasteiger partial charge in [0.25, 0.3) is 0 Å². The normalized spacial score (nSPS) is 17.4. The van der Waals surface area contributed by atoms with Crippen LogP contribution in [0.1, 0.15) is 29.8 Å². The number of hydrogen-bond donors (Lipinski definition) is 0. The molecule has 1 aliphatic rings. The van der Waals surface area contributed by atoms with E-state index in [1.165, 1.54) is 0 Å². The first-order valence-electron chi connectivity index (χ1n) is 4.58. The lowest BCUT2D eigenvalue weighted by Gasteiger charge is -1.99. The first-order valence-corrected chi connectivity index (χ1v) is 4.58. The molecule has 14 heavy (non-hydrogen) atoms. The second-order valence-corrected chi connectivity index (χ2v) is 3.46. The Morgan fingerprint density at radius 1 is 1.21 bits per heavy atom. The summed E-state index contributed by atoms with van der Waals surface area (Å²) in [4.78, 5) is 15.6. The van der Waals surface area contributed by atoms with E-state index in [9.17, 15) is 4.79 Å². The SMILES string of the molecule is CC(C)/N=C1/OC(=O)c2ccccc21. The summed E-state index contributed by atoms with van der Waals surface area (Å²) in [5, 5.41) is 0. The molecule has 0 unspecified atom stereocenters.